The van der Waals surface area contributed by atoms with Crippen molar-refractivity contribution in [2.45, 2.75) is 37.8 Å². The van der Waals surface area contributed by atoms with E-state index in [1.54, 1.807) is 6.33 Å². The van der Waals surface area contributed by atoms with Gasteiger partial charge in [0.2, 0.25) is 5.95 Å². The standard InChI is InChI=1S/C15H22N6O2.2ClH/c16-15-19-13(17-5-8-1-2-8)12-14(20-15)21(7-18-12)10-3-9(6-22)11(23)4-10;;/h7-11,22-23H,1-6H2,(H3,16,17,19,20);2*1H. The molecule has 140 valence electrons. The highest BCUT2D eigenvalue weighted by molar-refractivity contribution is 5.86. The number of aromatic nitrogens is 4. The molecule has 2 aliphatic rings. The van der Waals surface area contributed by atoms with Gasteiger partial charge in [-0.05, 0) is 31.6 Å². The number of nitrogens with zero attached hydrogens (tertiary/aromatic N) is 4. The highest BCUT2D eigenvalue weighted by atomic mass is 35.5. The van der Waals surface area contributed by atoms with Crippen LogP contribution in [0.2, 0.25) is 0 Å². The van der Waals surface area contributed by atoms with Gasteiger partial charge in [0.15, 0.2) is 17.0 Å². The lowest BCUT2D eigenvalue weighted by Gasteiger charge is -2.13. The SMILES string of the molecule is Cl.Cl.Nc1nc(NCC2CC2)c2ncn(C3CC(O)C(CO)C3)c2n1. The normalized spacial score (nSPS) is 25.4. The number of hydrogen-bond acceptors (Lipinski definition) is 7. The largest absolute Gasteiger partial charge is 0.396 e. The van der Waals surface area contributed by atoms with Crippen molar-refractivity contribution in [1.82, 2.24) is 19.5 Å². The van der Waals surface area contributed by atoms with Gasteiger partial charge in [0.1, 0.15) is 0 Å². The first-order chi connectivity index (χ1) is 11.2. The van der Waals surface area contributed by atoms with Crippen LogP contribution in [0.5, 0.6) is 0 Å². The van der Waals surface area contributed by atoms with Gasteiger partial charge in [0.25, 0.3) is 0 Å². The van der Waals surface area contributed by atoms with Crippen LogP contribution in [0.4, 0.5) is 11.8 Å². The second-order valence-corrected chi connectivity index (χ2v) is 6.71. The zero-order valence-corrected chi connectivity index (χ0v) is 15.3. The molecule has 0 aliphatic heterocycles. The van der Waals surface area contributed by atoms with E-state index in [0.717, 1.165) is 12.5 Å². The van der Waals surface area contributed by atoms with E-state index < -0.39 is 6.10 Å². The molecule has 2 aliphatic carbocycles. The molecule has 0 amide bonds. The summed E-state index contributed by atoms with van der Waals surface area (Å²) in [6.45, 7) is 0.878. The van der Waals surface area contributed by atoms with Gasteiger partial charge in [-0.2, -0.15) is 9.97 Å². The molecule has 2 aromatic rings. The maximum absolute atomic E-state index is 10.0. The summed E-state index contributed by atoms with van der Waals surface area (Å²) in [5, 5.41) is 22.7. The van der Waals surface area contributed by atoms with Gasteiger partial charge in [0, 0.05) is 25.1 Å². The van der Waals surface area contributed by atoms with E-state index in [1.807, 2.05) is 4.57 Å². The maximum atomic E-state index is 10.0. The highest BCUT2D eigenvalue weighted by Gasteiger charge is 2.34. The molecule has 3 atom stereocenters. The number of anilines is 2. The fraction of sp³-hybridized carbons (Fsp3) is 0.667. The Kier molecular flexibility index (Phi) is 6.31. The zero-order chi connectivity index (χ0) is 16.0. The summed E-state index contributed by atoms with van der Waals surface area (Å²) in [6.07, 6.45) is 5.05. The molecule has 2 fully saturated rings. The van der Waals surface area contributed by atoms with E-state index in [4.69, 9.17) is 5.73 Å². The molecule has 25 heavy (non-hydrogen) atoms. The third-order valence-corrected chi connectivity index (χ3v) is 4.95. The number of nitrogens with two attached hydrogens (primary N) is 1. The minimum absolute atomic E-state index is 0. The van der Waals surface area contributed by atoms with E-state index >= 15 is 0 Å². The molecule has 2 aromatic heterocycles. The van der Waals surface area contributed by atoms with Crippen molar-refractivity contribution in [2.24, 2.45) is 11.8 Å². The first-order valence-corrected chi connectivity index (χ1v) is 8.18. The van der Waals surface area contributed by atoms with Crippen LogP contribution in [0.25, 0.3) is 11.2 Å². The van der Waals surface area contributed by atoms with Crippen LogP contribution in [-0.4, -0.2) is 49.0 Å². The number of aliphatic hydroxyl groups is 2. The minimum atomic E-state index is -0.492. The summed E-state index contributed by atoms with van der Waals surface area (Å²) in [6, 6.07) is 0.0673. The van der Waals surface area contributed by atoms with Gasteiger partial charge in [-0.25, -0.2) is 4.98 Å². The number of nitrogen functional groups attached to an aromatic ring is 1. The summed E-state index contributed by atoms with van der Waals surface area (Å²) >= 11 is 0. The predicted octanol–water partition coefficient (Wildman–Crippen LogP) is 1.38. The van der Waals surface area contributed by atoms with Gasteiger partial charge >= 0.3 is 0 Å². The van der Waals surface area contributed by atoms with Crippen LogP contribution in [0.3, 0.4) is 0 Å². The molecule has 0 bridgehead atoms. The van der Waals surface area contributed by atoms with Gasteiger partial charge in [-0.15, -0.1) is 24.8 Å². The van der Waals surface area contributed by atoms with Crippen molar-refractivity contribution in [3.63, 3.8) is 0 Å². The number of halogens is 2. The van der Waals surface area contributed by atoms with Crippen molar-refractivity contribution in [3.05, 3.63) is 6.33 Å². The van der Waals surface area contributed by atoms with Gasteiger partial charge in [-0.3, -0.25) is 0 Å². The van der Waals surface area contributed by atoms with Crippen LogP contribution in [0.1, 0.15) is 31.7 Å². The van der Waals surface area contributed by atoms with Gasteiger partial charge < -0.3 is 25.8 Å². The van der Waals surface area contributed by atoms with E-state index in [0.29, 0.717) is 29.8 Å². The minimum Gasteiger partial charge on any atom is -0.396 e. The monoisotopic (exact) mass is 390 g/mol. The Labute approximate surface area is 158 Å². The summed E-state index contributed by atoms with van der Waals surface area (Å²) in [5.41, 5.74) is 7.26. The average molecular weight is 391 g/mol. The zero-order valence-electron chi connectivity index (χ0n) is 13.7. The Morgan fingerprint density at radius 3 is 2.64 bits per heavy atom. The molecule has 0 saturated heterocycles. The maximum Gasteiger partial charge on any atom is 0.224 e. The summed E-state index contributed by atoms with van der Waals surface area (Å²) < 4.78 is 1.95. The predicted molar refractivity (Wildman–Crippen MR) is 100 cm³/mol. The van der Waals surface area contributed by atoms with Gasteiger partial charge in [-0.1, -0.05) is 0 Å². The summed E-state index contributed by atoms with van der Waals surface area (Å²) in [5.74, 6) is 1.52. The molecule has 2 saturated carbocycles. The fourth-order valence-corrected chi connectivity index (χ4v) is 3.38. The smallest absolute Gasteiger partial charge is 0.224 e. The lowest BCUT2D eigenvalue weighted by Crippen LogP contribution is -2.16. The van der Waals surface area contributed by atoms with Gasteiger partial charge in [0.05, 0.1) is 12.4 Å². The second kappa shape index (κ2) is 7.90. The highest BCUT2D eigenvalue weighted by Crippen LogP contribution is 2.37. The molecule has 4 rings (SSSR count). The molecular weight excluding hydrogens is 367 g/mol. The molecular formula is C15H24Cl2N6O2. The van der Waals surface area contributed by atoms with Crippen molar-refractivity contribution in [3.8, 4) is 0 Å². The van der Waals surface area contributed by atoms with Crippen molar-refractivity contribution < 1.29 is 10.2 Å². The van der Waals surface area contributed by atoms with Crippen LogP contribution in [-0.2, 0) is 0 Å². The second-order valence-electron chi connectivity index (χ2n) is 6.71. The first-order valence-electron chi connectivity index (χ1n) is 8.18. The lowest BCUT2D eigenvalue weighted by atomic mass is 10.1. The molecule has 10 heteroatoms. The Morgan fingerprint density at radius 1 is 1.24 bits per heavy atom. The van der Waals surface area contributed by atoms with E-state index in [2.05, 4.69) is 20.3 Å². The number of rotatable bonds is 5. The number of imidazole rings is 1. The van der Waals surface area contributed by atoms with E-state index in [-0.39, 0.29) is 49.3 Å². The topological polar surface area (TPSA) is 122 Å². The van der Waals surface area contributed by atoms with Crippen LogP contribution in [0.15, 0.2) is 6.33 Å². The summed E-state index contributed by atoms with van der Waals surface area (Å²) in [4.78, 5) is 13.1. The molecule has 0 radical (unpaired) electrons. The molecule has 0 spiro atoms. The van der Waals surface area contributed by atoms with Crippen molar-refractivity contribution >= 4 is 47.7 Å². The molecule has 0 aromatic carbocycles. The van der Waals surface area contributed by atoms with E-state index in [1.165, 1.54) is 12.8 Å². The Balaban J connectivity index is 0.00000113. The van der Waals surface area contributed by atoms with Crippen LogP contribution >= 0.6 is 24.8 Å². The number of aliphatic hydroxyl groups excluding tert-OH is 2. The summed E-state index contributed by atoms with van der Waals surface area (Å²) in [7, 11) is 0. The lowest BCUT2D eigenvalue weighted by molar-refractivity contribution is 0.0906. The van der Waals surface area contributed by atoms with Crippen molar-refractivity contribution in [2.75, 3.05) is 24.2 Å². The number of nitrogens with one attached hydrogen (secondary N) is 1. The third kappa shape index (κ3) is 3.92. The van der Waals surface area contributed by atoms with Crippen LogP contribution < -0.4 is 11.1 Å². The van der Waals surface area contributed by atoms with Crippen molar-refractivity contribution in [1.29, 1.82) is 0 Å². The Bertz CT molecular complexity index is 723. The number of hydrogen-bond donors (Lipinski definition) is 4. The quantitative estimate of drug-likeness (QED) is 0.607. The van der Waals surface area contributed by atoms with E-state index in [9.17, 15) is 10.2 Å². The van der Waals surface area contributed by atoms with Crippen LogP contribution in [0, 0.1) is 11.8 Å². The molecule has 8 nitrogen and oxygen atoms in total. The Hall–Kier alpha value is -1.35. The first kappa shape index (κ1) is 20.0. The third-order valence-electron chi connectivity index (χ3n) is 4.95. The molecule has 3 unspecified atom stereocenters. The number of fused-ring (bicyclic) bond motifs is 1. The average Bonchev–Trinajstić information content (AvgIpc) is 3.15. The molecule has 2 heterocycles. The fourth-order valence-electron chi connectivity index (χ4n) is 3.38. The Morgan fingerprint density at radius 2 is 2.00 bits per heavy atom. The molecule has 5 N–H and O–H groups in total.